The van der Waals surface area contributed by atoms with Crippen molar-refractivity contribution < 1.29 is 17.9 Å². The predicted molar refractivity (Wildman–Crippen MR) is 126 cm³/mol. The summed E-state index contributed by atoms with van der Waals surface area (Å²) in [5.41, 5.74) is 2.12. The number of ether oxygens (including phenoxy) is 1. The van der Waals surface area contributed by atoms with E-state index in [0.29, 0.717) is 50.6 Å². The molecule has 0 radical (unpaired) electrons. The molecule has 1 N–H and O–H groups in total. The van der Waals surface area contributed by atoms with Gasteiger partial charge in [0.15, 0.2) is 0 Å². The maximum Gasteiger partial charge on any atom is 0.243 e. The van der Waals surface area contributed by atoms with Gasteiger partial charge in [-0.25, -0.2) is 13.4 Å². The summed E-state index contributed by atoms with van der Waals surface area (Å²) >= 11 is 0. The number of rotatable bonds is 8. The van der Waals surface area contributed by atoms with E-state index >= 15 is 0 Å². The number of amides is 1. The second-order valence-corrected chi connectivity index (χ2v) is 9.92. The molecule has 4 rings (SSSR count). The van der Waals surface area contributed by atoms with Crippen molar-refractivity contribution in [2.75, 3.05) is 26.3 Å². The fraction of sp³-hybridized carbons (Fsp3) is 0.375. The van der Waals surface area contributed by atoms with Gasteiger partial charge in [0, 0.05) is 32.5 Å². The van der Waals surface area contributed by atoms with Crippen LogP contribution >= 0.6 is 0 Å². The standard InChI is InChI=1S/C24H27N5O4S/c1-2-29-22-9-8-19(34(31,32)28-12-14-33-15-13-28)16-20(22)26-23(29)10-11-24(30)27-21(17-25)18-6-4-3-5-7-18/h3-9,16,21H,2,10-15H2,1H3,(H,27,30). The lowest BCUT2D eigenvalue weighted by atomic mass is 10.1. The molecule has 1 amide bonds. The Bertz CT molecular complexity index is 1310. The maximum absolute atomic E-state index is 13.0. The number of morpholine rings is 1. The van der Waals surface area contributed by atoms with Gasteiger partial charge in [0.05, 0.1) is 35.2 Å². The van der Waals surface area contributed by atoms with E-state index in [9.17, 15) is 18.5 Å². The summed E-state index contributed by atoms with van der Waals surface area (Å²) in [7, 11) is -3.62. The molecule has 0 aliphatic carbocycles. The highest BCUT2D eigenvalue weighted by molar-refractivity contribution is 7.89. The van der Waals surface area contributed by atoms with E-state index in [4.69, 9.17) is 4.74 Å². The first-order chi connectivity index (χ1) is 16.4. The lowest BCUT2D eigenvalue weighted by Crippen LogP contribution is -2.40. The molecular weight excluding hydrogens is 454 g/mol. The van der Waals surface area contributed by atoms with Gasteiger partial charge in [-0.05, 0) is 30.7 Å². The number of carbonyl (C=O) groups is 1. The molecule has 1 fully saturated rings. The Kier molecular flexibility index (Phi) is 7.26. The van der Waals surface area contributed by atoms with Crippen molar-refractivity contribution >= 4 is 27.0 Å². The predicted octanol–water partition coefficient (Wildman–Crippen LogP) is 2.39. The minimum absolute atomic E-state index is 0.160. The van der Waals surface area contributed by atoms with Crippen LogP contribution in [0, 0.1) is 11.3 Å². The number of hydrogen-bond acceptors (Lipinski definition) is 6. The number of nitrogens with zero attached hydrogens (tertiary/aromatic N) is 4. The zero-order chi connectivity index (χ0) is 24.1. The summed E-state index contributed by atoms with van der Waals surface area (Å²) in [6.45, 7) is 4.04. The van der Waals surface area contributed by atoms with Crippen LogP contribution in [0.5, 0.6) is 0 Å². The number of aryl methyl sites for hydroxylation is 2. The van der Waals surface area contributed by atoms with E-state index in [2.05, 4.69) is 16.4 Å². The highest BCUT2D eigenvalue weighted by atomic mass is 32.2. The number of carbonyl (C=O) groups excluding carboxylic acids is 1. The van der Waals surface area contributed by atoms with Crippen molar-refractivity contribution in [3.63, 3.8) is 0 Å². The zero-order valence-corrected chi connectivity index (χ0v) is 19.8. The second kappa shape index (κ2) is 10.3. The van der Waals surface area contributed by atoms with Gasteiger partial charge in [0.1, 0.15) is 11.9 Å². The third-order valence-electron chi connectivity index (χ3n) is 5.87. The number of benzene rings is 2. The van der Waals surface area contributed by atoms with E-state index < -0.39 is 16.1 Å². The molecule has 1 saturated heterocycles. The Balaban J connectivity index is 1.50. The van der Waals surface area contributed by atoms with E-state index in [-0.39, 0.29) is 17.2 Å². The Morgan fingerprint density at radius 1 is 1.21 bits per heavy atom. The van der Waals surface area contributed by atoms with Gasteiger partial charge in [0.2, 0.25) is 15.9 Å². The van der Waals surface area contributed by atoms with Gasteiger partial charge in [-0.2, -0.15) is 9.57 Å². The van der Waals surface area contributed by atoms with Gasteiger partial charge < -0.3 is 14.6 Å². The zero-order valence-electron chi connectivity index (χ0n) is 19.0. The van der Waals surface area contributed by atoms with Crippen molar-refractivity contribution in [3.8, 4) is 6.07 Å². The SMILES string of the molecule is CCn1c(CCC(=O)NC(C#N)c2ccccc2)nc2cc(S(=O)(=O)N3CCOCC3)ccc21. The first kappa shape index (κ1) is 23.9. The quantitative estimate of drug-likeness (QED) is 0.528. The Hall–Kier alpha value is -3.26. The third kappa shape index (κ3) is 4.97. The van der Waals surface area contributed by atoms with Crippen molar-refractivity contribution in [1.82, 2.24) is 19.2 Å². The number of nitriles is 1. The Morgan fingerprint density at radius 2 is 1.94 bits per heavy atom. The number of imidazole rings is 1. The van der Waals surface area contributed by atoms with Gasteiger partial charge in [-0.15, -0.1) is 0 Å². The van der Waals surface area contributed by atoms with E-state index in [0.717, 1.165) is 11.1 Å². The maximum atomic E-state index is 13.0. The number of sulfonamides is 1. The number of hydrogen-bond donors (Lipinski definition) is 1. The molecule has 178 valence electrons. The average Bonchev–Trinajstić information content (AvgIpc) is 3.23. The molecule has 0 spiro atoms. The summed E-state index contributed by atoms with van der Waals surface area (Å²) in [6.07, 6.45) is 0.528. The van der Waals surface area contributed by atoms with Crippen LogP contribution < -0.4 is 5.32 Å². The van der Waals surface area contributed by atoms with Crippen LogP contribution in [0.2, 0.25) is 0 Å². The molecule has 34 heavy (non-hydrogen) atoms. The molecule has 10 heteroatoms. The second-order valence-electron chi connectivity index (χ2n) is 7.98. The van der Waals surface area contributed by atoms with Crippen LogP contribution in [-0.2, 0) is 32.5 Å². The molecule has 9 nitrogen and oxygen atoms in total. The van der Waals surface area contributed by atoms with Gasteiger partial charge in [0.25, 0.3) is 0 Å². The van der Waals surface area contributed by atoms with Crippen LogP contribution in [0.25, 0.3) is 11.0 Å². The monoisotopic (exact) mass is 481 g/mol. The highest BCUT2D eigenvalue weighted by Crippen LogP contribution is 2.24. The Morgan fingerprint density at radius 3 is 2.62 bits per heavy atom. The van der Waals surface area contributed by atoms with E-state index in [1.165, 1.54) is 4.31 Å². The lowest BCUT2D eigenvalue weighted by Gasteiger charge is -2.26. The molecular formula is C24H27N5O4S. The minimum Gasteiger partial charge on any atom is -0.379 e. The number of nitrogens with one attached hydrogen (secondary N) is 1. The summed E-state index contributed by atoms with van der Waals surface area (Å²) in [5, 5.41) is 12.2. The Labute approximate surface area is 199 Å². The van der Waals surface area contributed by atoms with Crippen molar-refractivity contribution in [2.24, 2.45) is 0 Å². The fourth-order valence-corrected chi connectivity index (χ4v) is 5.52. The molecule has 1 aliphatic rings. The van der Waals surface area contributed by atoms with E-state index in [1.807, 2.05) is 29.7 Å². The molecule has 2 aromatic carbocycles. The third-order valence-corrected chi connectivity index (χ3v) is 7.76. The highest BCUT2D eigenvalue weighted by Gasteiger charge is 2.27. The van der Waals surface area contributed by atoms with Crippen LogP contribution in [0.15, 0.2) is 53.4 Å². The molecule has 0 bridgehead atoms. The van der Waals surface area contributed by atoms with Crippen LogP contribution in [0.4, 0.5) is 0 Å². The van der Waals surface area contributed by atoms with Crippen molar-refractivity contribution in [2.45, 2.75) is 37.2 Å². The van der Waals surface area contributed by atoms with Gasteiger partial charge in [-0.3, -0.25) is 4.79 Å². The topological polar surface area (TPSA) is 117 Å². The number of fused-ring (bicyclic) bond motifs is 1. The molecule has 1 atom stereocenters. The average molecular weight is 482 g/mol. The molecule has 1 aromatic heterocycles. The van der Waals surface area contributed by atoms with Gasteiger partial charge in [-0.1, -0.05) is 30.3 Å². The molecule has 0 saturated carbocycles. The molecule has 3 aromatic rings. The van der Waals surface area contributed by atoms with Crippen molar-refractivity contribution in [1.29, 1.82) is 5.26 Å². The largest absolute Gasteiger partial charge is 0.379 e. The first-order valence-electron chi connectivity index (χ1n) is 11.2. The number of aromatic nitrogens is 2. The molecule has 1 aliphatic heterocycles. The normalized spacial score (nSPS) is 15.6. The van der Waals surface area contributed by atoms with Crippen molar-refractivity contribution in [3.05, 3.63) is 59.9 Å². The van der Waals surface area contributed by atoms with Crippen LogP contribution in [-0.4, -0.2) is 54.5 Å². The molecule has 2 heterocycles. The van der Waals surface area contributed by atoms with Crippen LogP contribution in [0.1, 0.15) is 30.8 Å². The fourth-order valence-electron chi connectivity index (χ4n) is 4.09. The smallest absolute Gasteiger partial charge is 0.243 e. The minimum atomic E-state index is -3.62. The summed E-state index contributed by atoms with van der Waals surface area (Å²) in [6, 6.07) is 15.5. The summed E-state index contributed by atoms with van der Waals surface area (Å²) < 4.78 is 34.7. The summed E-state index contributed by atoms with van der Waals surface area (Å²) in [5.74, 6) is 0.447. The lowest BCUT2D eigenvalue weighted by molar-refractivity contribution is -0.121. The summed E-state index contributed by atoms with van der Waals surface area (Å²) in [4.78, 5) is 17.4. The van der Waals surface area contributed by atoms with E-state index in [1.54, 1.807) is 30.3 Å². The van der Waals surface area contributed by atoms with Crippen LogP contribution in [0.3, 0.4) is 0 Å². The first-order valence-corrected chi connectivity index (χ1v) is 12.7. The van der Waals surface area contributed by atoms with Gasteiger partial charge >= 0.3 is 0 Å². The molecule has 1 unspecified atom stereocenters.